The summed E-state index contributed by atoms with van der Waals surface area (Å²) >= 11 is 0. The van der Waals surface area contributed by atoms with Crippen molar-refractivity contribution < 1.29 is 4.74 Å². The number of anilines is 1. The van der Waals surface area contributed by atoms with Crippen LogP contribution in [0, 0.1) is 13.8 Å². The summed E-state index contributed by atoms with van der Waals surface area (Å²) in [6.45, 7) is 3.98. The van der Waals surface area contributed by atoms with E-state index < -0.39 is 0 Å². The molecule has 0 aliphatic heterocycles. The van der Waals surface area contributed by atoms with Crippen LogP contribution in [-0.2, 0) is 7.05 Å². The first-order chi connectivity index (χ1) is 8.04. The molecule has 4 heteroatoms. The van der Waals surface area contributed by atoms with Crippen LogP contribution in [0.5, 0.6) is 5.75 Å². The molecule has 0 saturated heterocycles. The van der Waals surface area contributed by atoms with Crippen molar-refractivity contribution in [3.8, 4) is 16.9 Å². The topological polar surface area (TPSA) is 53.1 Å². The van der Waals surface area contributed by atoms with Gasteiger partial charge >= 0.3 is 0 Å². The van der Waals surface area contributed by atoms with Gasteiger partial charge in [0.1, 0.15) is 11.6 Å². The van der Waals surface area contributed by atoms with E-state index in [1.165, 1.54) is 0 Å². The average molecular weight is 231 g/mol. The fourth-order valence-electron chi connectivity index (χ4n) is 2.07. The monoisotopic (exact) mass is 231 g/mol. The van der Waals surface area contributed by atoms with E-state index in [1.807, 2.05) is 33.0 Å². The summed E-state index contributed by atoms with van der Waals surface area (Å²) in [6, 6.07) is 6.03. The second-order valence-corrected chi connectivity index (χ2v) is 4.15. The molecule has 0 radical (unpaired) electrons. The summed E-state index contributed by atoms with van der Waals surface area (Å²) in [7, 11) is 3.52. The molecule has 90 valence electrons. The van der Waals surface area contributed by atoms with Gasteiger partial charge in [0.05, 0.1) is 12.8 Å². The van der Waals surface area contributed by atoms with Crippen molar-refractivity contribution in [2.24, 2.45) is 7.05 Å². The fraction of sp³-hybridized carbons (Fsp3) is 0.308. The van der Waals surface area contributed by atoms with E-state index >= 15 is 0 Å². The number of rotatable bonds is 2. The molecule has 0 spiro atoms. The van der Waals surface area contributed by atoms with E-state index in [0.717, 1.165) is 28.1 Å². The van der Waals surface area contributed by atoms with Crippen molar-refractivity contribution in [2.75, 3.05) is 12.8 Å². The Labute approximate surface area is 101 Å². The van der Waals surface area contributed by atoms with Gasteiger partial charge in [-0.3, -0.25) is 4.68 Å². The zero-order chi connectivity index (χ0) is 12.6. The van der Waals surface area contributed by atoms with Gasteiger partial charge in [-0.15, -0.1) is 0 Å². The molecular formula is C13H17N3O. The van der Waals surface area contributed by atoms with E-state index in [-0.39, 0.29) is 0 Å². The quantitative estimate of drug-likeness (QED) is 0.862. The molecule has 2 N–H and O–H groups in total. The number of nitrogens with two attached hydrogens (primary N) is 1. The van der Waals surface area contributed by atoms with Gasteiger partial charge in [-0.05, 0) is 37.1 Å². The summed E-state index contributed by atoms with van der Waals surface area (Å²) < 4.78 is 6.95. The molecule has 0 bridgehead atoms. The Morgan fingerprint density at radius 3 is 2.47 bits per heavy atom. The molecule has 0 fully saturated rings. The standard InChI is InChI=1S/C13H17N3O/c1-8-7-10(5-6-11(8)17-4)12-9(2)15-16(3)13(12)14/h5-7H,14H2,1-4H3. The normalized spacial score (nSPS) is 10.6. The van der Waals surface area contributed by atoms with Crippen LogP contribution >= 0.6 is 0 Å². The lowest BCUT2D eigenvalue weighted by Gasteiger charge is -2.07. The number of ether oxygens (including phenoxy) is 1. The first kappa shape index (κ1) is 11.5. The summed E-state index contributed by atoms with van der Waals surface area (Å²) in [5.41, 5.74) is 10.1. The minimum Gasteiger partial charge on any atom is -0.496 e. The number of methoxy groups -OCH3 is 1. The molecular weight excluding hydrogens is 214 g/mol. The molecule has 0 atom stereocenters. The Kier molecular flexibility index (Phi) is 2.79. The van der Waals surface area contributed by atoms with Gasteiger partial charge in [-0.25, -0.2) is 0 Å². The Hall–Kier alpha value is -1.97. The van der Waals surface area contributed by atoms with Crippen LogP contribution in [0.2, 0.25) is 0 Å². The van der Waals surface area contributed by atoms with Gasteiger partial charge in [0.15, 0.2) is 0 Å². The molecule has 4 nitrogen and oxygen atoms in total. The molecule has 0 unspecified atom stereocenters. The Bertz CT molecular complexity index is 558. The van der Waals surface area contributed by atoms with Gasteiger partial charge < -0.3 is 10.5 Å². The van der Waals surface area contributed by atoms with Gasteiger partial charge in [0.2, 0.25) is 0 Å². The van der Waals surface area contributed by atoms with Gasteiger partial charge in [0.25, 0.3) is 0 Å². The number of nitrogen functional groups attached to an aromatic ring is 1. The highest BCUT2D eigenvalue weighted by molar-refractivity contribution is 5.77. The van der Waals surface area contributed by atoms with E-state index in [9.17, 15) is 0 Å². The van der Waals surface area contributed by atoms with Crippen molar-refractivity contribution in [3.05, 3.63) is 29.5 Å². The van der Waals surface area contributed by atoms with Crippen LogP contribution in [0.1, 0.15) is 11.3 Å². The summed E-state index contributed by atoms with van der Waals surface area (Å²) in [5, 5.41) is 4.32. The molecule has 17 heavy (non-hydrogen) atoms. The largest absolute Gasteiger partial charge is 0.496 e. The van der Waals surface area contributed by atoms with Gasteiger partial charge in [-0.2, -0.15) is 5.10 Å². The average Bonchev–Trinajstić information content (AvgIpc) is 2.53. The second kappa shape index (κ2) is 4.13. The van der Waals surface area contributed by atoms with Crippen molar-refractivity contribution in [1.29, 1.82) is 0 Å². The third-order valence-electron chi connectivity index (χ3n) is 2.95. The molecule has 2 aromatic rings. The number of nitrogens with zero attached hydrogens (tertiary/aromatic N) is 2. The predicted molar refractivity (Wildman–Crippen MR) is 69.1 cm³/mol. The van der Waals surface area contributed by atoms with Crippen LogP contribution < -0.4 is 10.5 Å². The number of aryl methyl sites for hydroxylation is 3. The highest BCUT2D eigenvalue weighted by Gasteiger charge is 2.13. The SMILES string of the molecule is COc1ccc(-c2c(C)nn(C)c2N)cc1C. The lowest BCUT2D eigenvalue weighted by Crippen LogP contribution is -1.98. The summed E-state index contributed by atoms with van der Waals surface area (Å²) in [4.78, 5) is 0. The van der Waals surface area contributed by atoms with Crippen molar-refractivity contribution in [3.63, 3.8) is 0 Å². The van der Waals surface area contributed by atoms with Crippen molar-refractivity contribution in [1.82, 2.24) is 9.78 Å². The Balaban J connectivity index is 2.57. The number of aromatic nitrogens is 2. The zero-order valence-corrected chi connectivity index (χ0v) is 10.6. The molecule has 1 aromatic heterocycles. The number of benzene rings is 1. The summed E-state index contributed by atoms with van der Waals surface area (Å²) in [6.07, 6.45) is 0. The first-order valence-electron chi connectivity index (χ1n) is 5.48. The number of hydrogen-bond acceptors (Lipinski definition) is 3. The van der Waals surface area contributed by atoms with Crippen molar-refractivity contribution >= 4 is 5.82 Å². The van der Waals surface area contributed by atoms with E-state index in [0.29, 0.717) is 5.82 Å². The third kappa shape index (κ3) is 1.86. The van der Waals surface area contributed by atoms with Gasteiger partial charge in [0, 0.05) is 12.6 Å². The van der Waals surface area contributed by atoms with Crippen LogP contribution in [0.15, 0.2) is 18.2 Å². The molecule has 1 aromatic carbocycles. The molecule has 2 rings (SSSR count). The molecule has 0 saturated carbocycles. The summed E-state index contributed by atoms with van der Waals surface area (Å²) in [5.74, 6) is 1.57. The van der Waals surface area contributed by atoms with Crippen LogP contribution in [0.3, 0.4) is 0 Å². The minimum atomic E-state index is 0.687. The molecule has 0 aliphatic rings. The highest BCUT2D eigenvalue weighted by Crippen LogP contribution is 2.31. The van der Waals surface area contributed by atoms with Crippen molar-refractivity contribution in [2.45, 2.75) is 13.8 Å². The minimum absolute atomic E-state index is 0.687. The van der Waals surface area contributed by atoms with E-state index in [1.54, 1.807) is 11.8 Å². The third-order valence-corrected chi connectivity index (χ3v) is 2.95. The Morgan fingerprint density at radius 1 is 1.29 bits per heavy atom. The maximum absolute atomic E-state index is 6.03. The fourth-order valence-corrected chi connectivity index (χ4v) is 2.07. The Morgan fingerprint density at radius 2 is 2.00 bits per heavy atom. The molecule has 1 heterocycles. The molecule has 0 amide bonds. The second-order valence-electron chi connectivity index (χ2n) is 4.15. The van der Waals surface area contributed by atoms with E-state index in [2.05, 4.69) is 11.2 Å². The smallest absolute Gasteiger partial charge is 0.129 e. The van der Waals surface area contributed by atoms with Crippen LogP contribution in [0.25, 0.3) is 11.1 Å². The lowest BCUT2D eigenvalue weighted by molar-refractivity contribution is 0.412. The maximum Gasteiger partial charge on any atom is 0.129 e. The predicted octanol–water partition coefficient (Wildman–Crippen LogP) is 2.29. The molecule has 0 aliphatic carbocycles. The highest BCUT2D eigenvalue weighted by atomic mass is 16.5. The lowest BCUT2D eigenvalue weighted by atomic mass is 10.0. The number of hydrogen-bond donors (Lipinski definition) is 1. The van der Waals surface area contributed by atoms with Gasteiger partial charge in [-0.1, -0.05) is 6.07 Å². The van der Waals surface area contributed by atoms with E-state index in [4.69, 9.17) is 10.5 Å². The maximum atomic E-state index is 6.03. The van der Waals surface area contributed by atoms with Crippen LogP contribution in [0.4, 0.5) is 5.82 Å². The van der Waals surface area contributed by atoms with Crippen LogP contribution in [-0.4, -0.2) is 16.9 Å². The first-order valence-corrected chi connectivity index (χ1v) is 5.48. The zero-order valence-electron chi connectivity index (χ0n) is 10.6.